The van der Waals surface area contributed by atoms with Crippen molar-refractivity contribution in [3.05, 3.63) is 54.1 Å². The van der Waals surface area contributed by atoms with Crippen LogP contribution in [0.5, 0.6) is 0 Å². The Kier molecular flexibility index (Phi) is 20.1. The highest BCUT2D eigenvalue weighted by atomic mass is 32.1. The van der Waals surface area contributed by atoms with E-state index in [0.29, 0.717) is 18.3 Å². The number of hydrogen-bond acceptors (Lipinski definition) is 4. The molecule has 1 aliphatic rings. The van der Waals surface area contributed by atoms with Gasteiger partial charge in [-0.25, -0.2) is 0 Å². The summed E-state index contributed by atoms with van der Waals surface area (Å²) in [6.45, 7) is 8.00. The SMILES string of the molecule is CC.CC.COC(=O)CCC/C=C\C[C@H]1CCCC1/C=C/[C@@H](O)CCCc1ccccc1S. The fraction of sp³-hybridized carbons (Fsp3) is 0.621. The van der Waals surface area contributed by atoms with Crippen LogP contribution in [0.25, 0.3) is 0 Å². The van der Waals surface area contributed by atoms with Gasteiger partial charge in [0.2, 0.25) is 0 Å². The van der Waals surface area contributed by atoms with Crippen molar-refractivity contribution in [3.8, 4) is 0 Å². The average Bonchev–Trinajstić information content (AvgIpc) is 3.30. The average molecular weight is 477 g/mol. The minimum absolute atomic E-state index is 0.132. The minimum atomic E-state index is -0.364. The van der Waals surface area contributed by atoms with Gasteiger partial charge < -0.3 is 9.84 Å². The van der Waals surface area contributed by atoms with E-state index in [2.05, 4.69) is 41.7 Å². The molecular weight excluding hydrogens is 428 g/mol. The third kappa shape index (κ3) is 14.4. The van der Waals surface area contributed by atoms with E-state index in [4.69, 9.17) is 0 Å². The molecule has 1 aromatic rings. The van der Waals surface area contributed by atoms with Crippen molar-refractivity contribution in [3.63, 3.8) is 0 Å². The van der Waals surface area contributed by atoms with E-state index in [9.17, 15) is 9.90 Å². The quantitative estimate of drug-likeness (QED) is 0.139. The molecule has 1 N–H and O–H groups in total. The van der Waals surface area contributed by atoms with E-state index >= 15 is 0 Å². The van der Waals surface area contributed by atoms with E-state index in [-0.39, 0.29) is 12.1 Å². The Bertz CT molecular complexity index is 669. The number of aliphatic hydroxyl groups is 1. The predicted octanol–water partition coefficient (Wildman–Crippen LogP) is 7.97. The molecule has 3 nitrogen and oxygen atoms in total. The van der Waals surface area contributed by atoms with Gasteiger partial charge in [-0.15, -0.1) is 12.6 Å². The Balaban J connectivity index is 0.00000242. The van der Waals surface area contributed by atoms with Crippen LogP contribution >= 0.6 is 12.6 Å². The summed E-state index contributed by atoms with van der Waals surface area (Å²) in [6, 6.07) is 8.16. The maximum atomic E-state index is 11.1. The van der Waals surface area contributed by atoms with Crippen molar-refractivity contribution in [2.45, 2.75) is 103 Å². The van der Waals surface area contributed by atoms with Gasteiger partial charge in [-0.3, -0.25) is 4.79 Å². The fourth-order valence-corrected chi connectivity index (χ4v) is 4.33. The topological polar surface area (TPSA) is 46.5 Å². The summed E-state index contributed by atoms with van der Waals surface area (Å²) in [5, 5.41) is 10.3. The van der Waals surface area contributed by atoms with Crippen LogP contribution in [-0.4, -0.2) is 24.3 Å². The van der Waals surface area contributed by atoms with Gasteiger partial charge in [-0.2, -0.15) is 0 Å². The van der Waals surface area contributed by atoms with E-state index in [1.54, 1.807) is 0 Å². The molecule has 0 amide bonds. The highest BCUT2D eigenvalue weighted by molar-refractivity contribution is 7.80. The molecule has 33 heavy (non-hydrogen) atoms. The molecule has 1 fully saturated rings. The van der Waals surface area contributed by atoms with Crippen molar-refractivity contribution in [2.75, 3.05) is 7.11 Å². The number of carbonyl (C=O) groups excluding carboxylic acids is 1. The summed E-state index contributed by atoms with van der Waals surface area (Å²) >= 11 is 4.49. The minimum Gasteiger partial charge on any atom is -0.469 e. The molecule has 2 rings (SSSR count). The van der Waals surface area contributed by atoms with Gasteiger partial charge in [0.1, 0.15) is 0 Å². The molecule has 0 saturated heterocycles. The number of methoxy groups -OCH3 is 1. The zero-order chi connectivity index (χ0) is 24.9. The highest BCUT2D eigenvalue weighted by Gasteiger charge is 2.24. The molecule has 3 atom stereocenters. The number of esters is 1. The van der Waals surface area contributed by atoms with Gasteiger partial charge in [-0.1, -0.05) is 76.6 Å². The summed E-state index contributed by atoms with van der Waals surface area (Å²) in [7, 11) is 1.43. The molecule has 0 aliphatic heterocycles. The van der Waals surface area contributed by atoms with Crippen LogP contribution < -0.4 is 0 Å². The van der Waals surface area contributed by atoms with Crippen LogP contribution in [0.2, 0.25) is 0 Å². The third-order valence-electron chi connectivity index (χ3n) is 5.82. The number of carbonyl (C=O) groups is 1. The number of aryl methyl sites for hydroxylation is 1. The van der Waals surface area contributed by atoms with Crippen molar-refractivity contribution in [1.82, 2.24) is 0 Å². The number of benzene rings is 1. The summed E-state index contributed by atoms with van der Waals surface area (Å²) in [5.74, 6) is 1.11. The molecule has 4 heteroatoms. The maximum absolute atomic E-state index is 11.1. The number of allylic oxidation sites excluding steroid dienone is 3. The standard InChI is InChI=1S/C25H36O3S.2C2H6/c1-28-25(27)17-5-3-2-4-10-20-12-8-13-21(20)18-19-23(26)15-9-14-22-11-6-7-16-24(22)29;2*1-2/h2,4,6-7,11,16,18-21,23,26,29H,3,5,8-10,12-15,17H2,1H3;2*1-2H3/b4-2-,19-18+;;/t20-,21?,23-;;/m0../s1. The zero-order valence-corrected chi connectivity index (χ0v) is 22.5. The van der Waals surface area contributed by atoms with E-state index in [1.165, 1.54) is 31.9 Å². The Hall–Kier alpha value is -1.52. The number of hydrogen-bond donors (Lipinski definition) is 2. The molecule has 1 saturated carbocycles. The van der Waals surface area contributed by atoms with Crippen molar-refractivity contribution in [2.24, 2.45) is 11.8 Å². The van der Waals surface area contributed by atoms with Gasteiger partial charge in [-0.05, 0) is 74.8 Å². The molecular formula is C29H48O3S. The number of ether oxygens (including phenoxy) is 1. The summed E-state index contributed by atoms with van der Waals surface area (Å²) < 4.78 is 4.66. The van der Waals surface area contributed by atoms with Gasteiger partial charge in [0.15, 0.2) is 0 Å². The second-order valence-corrected chi connectivity index (χ2v) is 8.49. The highest BCUT2D eigenvalue weighted by Crippen LogP contribution is 2.35. The van der Waals surface area contributed by atoms with Crippen molar-refractivity contribution < 1.29 is 14.6 Å². The van der Waals surface area contributed by atoms with Crippen LogP contribution in [0.3, 0.4) is 0 Å². The lowest BCUT2D eigenvalue weighted by atomic mass is 9.91. The maximum Gasteiger partial charge on any atom is 0.305 e. The first-order chi connectivity index (χ1) is 16.1. The molecule has 0 heterocycles. The van der Waals surface area contributed by atoms with Gasteiger partial charge in [0, 0.05) is 11.3 Å². The number of thiol groups is 1. The lowest BCUT2D eigenvalue weighted by Gasteiger charge is -2.15. The summed E-state index contributed by atoms with van der Waals surface area (Å²) in [6.07, 6.45) is 18.2. The monoisotopic (exact) mass is 476 g/mol. The van der Waals surface area contributed by atoms with E-state index in [1.807, 2.05) is 52.0 Å². The molecule has 0 spiro atoms. The largest absolute Gasteiger partial charge is 0.469 e. The van der Waals surface area contributed by atoms with E-state index < -0.39 is 0 Å². The summed E-state index contributed by atoms with van der Waals surface area (Å²) in [5.41, 5.74) is 1.25. The number of aliphatic hydroxyl groups excluding tert-OH is 1. The fourth-order valence-electron chi connectivity index (χ4n) is 4.06. The van der Waals surface area contributed by atoms with Gasteiger partial charge in [0.05, 0.1) is 13.2 Å². The molecule has 1 unspecified atom stereocenters. The Morgan fingerprint density at radius 1 is 1.15 bits per heavy atom. The molecule has 1 aromatic carbocycles. The number of rotatable bonds is 12. The van der Waals surface area contributed by atoms with Crippen LogP contribution in [-0.2, 0) is 16.0 Å². The molecule has 0 bridgehead atoms. The first-order valence-corrected chi connectivity index (χ1v) is 13.4. The van der Waals surface area contributed by atoms with Crippen LogP contribution in [0, 0.1) is 11.8 Å². The van der Waals surface area contributed by atoms with Crippen molar-refractivity contribution >= 4 is 18.6 Å². The predicted molar refractivity (Wildman–Crippen MR) is 145 cm³/mol. The Morgan fingerprint density at radius 2 is 1.88 bits per heavy atom. The van der Waals surface area contributed by atoms with Crippen LogP contribution in [0.15, 0.2) is 53.5 Å². The molecule has 0 radical (unpaired) electrons. The first-order valence-electron chi connectivity index (χ1n) is 12.9. The Labute approximate surface area is 209 Å². The summed E-state index contributed by atoms with van der Waals surface area (Å²) in [4.78, 5) is 12.1. The van der Waals surface area contributed by atoms with E-state index in [0.717, 1.165) is 43.4 Å². The van der Waals surface area contributed by atoms with Gasteiger partial charge >= 0.3 is 5.97 Å². The third-order valence-corrected chi connectivity index (χ3v) is 6.26. The first kappa shape index (κ1) is 31.5. The zero-order valence-electron chi connectivity index (χ0n) is 21.6. The van der Waals surface area contributed by atoms with Crippen LogP contribution in [0.1, 0.15) is 91.0 Å². The van der Waals surface area contributed by atoms with Crippen molar-refractivity contribution in [1.29, 1.82) is 0 Å². The van der Waals surface area contributed by atoms with Crippen LogP contribution in [0.4, 0.5) is 0 Å². The normalized spacial score (nSPS) is 18.4. The second-order valence-electron chi connectivity index (χ2n) is 8.00. The van der Waals surface area contributed by atoms with Gasteiger partial charge in [0.25, 0.3) is 0 Å². The Morgan fingerprint density at radius 3 is 2.58 bits per heavy atom. The lowest BCUT2D eigenvalue weighted by molar-refractivity contribution is -0.140. The molecule has 1 aliphatic carbocycles. The lowest BCUT2D eigenvalue weighted by Crippen LogP contribution is -2.07. The number of unbranched alkanes of at least 4 members (excludes halogenated alkanes) is 1. The smallest absolute Gasteiger partial charge is 0.305 e. The second kappa shape index (κ2) is 21.0. The molecule has 0 aromatic heterocycles. The molecule has 188 valence electrons.